The molecule has 0 amide bonds. The van der Waals surface area contributed by atoms with Crippen LogP contribution in [0.2, 0.25) is 0 Å². The number of hydrogen-bond acceptors (Lipinski definition) is 0. The molecule has 0 saturated heterocycles. The summed E-state index contributed by atoms with van der Waals surface area (Å²) >= 11 is 0. The van der Waals surface area contributed by atoms with Crippen LogP contribution in [0.5, 0.6) is 0 Å². The molecule has 0 heterocycles. The summed E-state index contributed by atoms with van der Waals surface area (Å²) < 4.78 is 0. The van der Waals surface area contributed by atoms with Gasteiger partial charge >= 0.3 is 0 Å². The monoisotopic (exact) mass is 224 g/mol. The maximum Gasteiger partial charge on any atom is -0.0349 e. The summed E-state index contributed by atoms with van der Waals surface area (Å²) in [5, 5.41) is 0. The Bertz CT molecular complexity index is 172. The number of hydrogen-bond donors (Lipinski definition) is 0. The van der Waals surface area contributed by atoms with Gasteiger partial charge in [0, 0.05) is 0 Å². The Morgan fingerprint density at radius 2 is 1.69 bits per heavy atom. The fourth-order valence-electron chi connectivity index (χ4n) is 3.19. The second-order valence-electron chi connectivity index (χ2n) is 6.94. The predicted octanol–water partition coefficient (Wildman–Crippen LogP) is 5.81. The Kier molecular flexibility index (Phi) is 5.86. The highest BCUT2D eigenvalue weighted by atomic mass is 14.4. The molecule has 1 rings (SSSR count). The van der Waals surface area contributed by atoms with Gasteiger partial charge in [0.1, 0.15) is 0 Å². The van der Waals surface area contributed by atoms with Crippen molar-refractivity contribution in [1.29, 1.82) is 0 Å². The van der Waals surface area contributed by atoms with Gasteiger partial charge in [-0.1, -0.05) is 72.6 Å². The van der Waals surface area contributed by atoms with Crippen LogP contribution in [0, 0.1) is 17.3 Å². The lowest BCUT2D eigenvalue weighted by Gasteiger charge is -2.42. The highest BCUT2D eigenvalue weighted by molar-refractivity contribution is 4.86. The quantitative estimate of drug-likeness (QED) is 0.456. The van der Waals surface area contributed by atoms with Crippen molar-refractivity contribution >= 4 is 0 Å². The van der Waals surface area contributed by atoms with E-state index in [1.54, 1.807) is 0 Å². The van der Waals surface area contributed by atoms with Gasteiger partial charge in [-0.15, -0.1) is 0 Å². The van der Waals surface area contributed by atoms with Crippen molar-refractivity contribution in [3.8, 4) is 0 Å². The van der Waals surface area contributed by atoms with Crippen LogP contribution in [0.3, 0.4) is 0 Å². The molecule has 0 aromatic rings. The van der Waals surface area contributed by atoms with Crippen LogP contribution in [0.25, 0.3) is 0 Å². The van der Waals surface area contributed by atoms with Gasteiger partial charge in [0.25, 0.3) is 0 Å². The van der Waals surface area contributed by atoms with Gasteiger partial charge < -0.3 is 0 Å². The number of unbranched alkanes of at least 4 members (excludes halogenated alkanes) is 3. The maximum atomic E-state index is 2.41. The summed E-state index contributed by atoms with van der Waals surface area (Å²) in [7, 11) is 0. The molecule has 96 valence electrons. The number of rotatable bonds is 8. The molecule has 1 unspecified atom stereocenters. The first-order valence-corrected chi connectivity index (χ1v) is 7.53. The van der Waals surface area contributed by atoms with E-state index in [4.69, 9.17) is 0 Å². The van der Waals surface area contributed by atoms with E-state index in [2.05, 4.69) is 27.7 Å². The van der Waals surface area contributed by atoms with E-state index in [9.17, 15) is 0 Å². The molecule has 0 bridgehead atoms. The zero-order valence-corrected chi connectivity index (χ0v) is 12.0. The van der Waals surface area contributed by atoms with E-state index in [1.165, 1.54) is 57.8 Å². The summed E-state index contributed by atoms with van der Waals surface area (Å²) in [6.07, 6.45) is 13.2. The van der Waals surface area contributed by atoms with Crippen LogP contribution >= 0.6 is 0 Å². The summed E-state index contributed by atoms with van der Waals surface area (Å²) in [6.45, 7) is 9.52. The summed E-state index contributed by atoms with van der Waals surface area (Å²) in [6, 6.07) is 0. The fraction of sp³-hybridized carbons (Fsp3) is 1.00. The third kappa shape index (κ3) is 5.37. The lowest BCUT2D eigenvalue weighted by atomic mass is 9.63. The molecule has 0 aromatic carbocycles. The average Bonchev–Trinajstić information content (AvgIpc) is 2.19. The Balaban J connectivity index is 1.83. The highest BCUT2D eigenvalue weighted by Gasteiger charge is 2.34. The normalized spacial score (nSPS) is 21.8. The minimum Gasteiger partial charge on any atom is -0.0651 e. The maximum absolute atomic E-state index is 2.41. The Labute approximate surface area is 103 Å². The standard InChI is InChI=1S/C16H32/c1-5-14(2)10-8-6-7-9-11-15-12-16(3,4)13-15/h14-15H,5-13H2,1-4H3. The van der Waals surface area contributed by atoms with Gasteiger partial charge in [0.15, 0.2) is 0 Å². The van der Waals surface area contributed by atoms with Crippen LogP contribution < -0.4 is 0 Å². The first kappa shape index (κ1) is 14.1. The highest BCUT2D eigenvalue weighted by Crippen LogP contribution is 2.46. The van der Waals surface area contributed by atoms with Gasteiger partial charge in [-0.05, 0) is 30.1 Å². The van der Waals surface area contributed by atoms with Crippen molar-refractivity contribution in [3.05, 3.63) is 0 Å². The molecule has 1 fully saturated rings. The first-order chi connectivity index (χ1) is 7.53. The molecule has 0 aromatic heterocycles. The predicted molar refractivity (Wildman–Crippen MR) is 73.7 cm³/mol. The van der Waals surface area contributed by atoms with Crippen LogP contribution in [-0.4, -0.2) is 0 Å². The largest absolute Gasteiger partial charge is 0.0651 e. The van der Waals surface area contributed by atoms with Crippen molar-refractivity contribution in [1.82, 2.24) is 0 Å². The van der Waals surface area contributed by atoms with Gasteiger partial charge in [-0.25, -0.2) is 0 Å². The van der Waals surface area contributed by atoms with Gasteiger partial charge in [-0.2, -0.15) is 0 Å². The van der Waals surface area contributed by atoms with E-state index in [0.29, 0.717) is 5.41 Å². The topological polar surface area (TPSA) is 0 Å². The molecule has 1 aliphatic carbocycles. The molecule has 1 saturated carbocycles. The molecular weight excluding hydrogens is 192 g/mol. The molecule has 1 atom stereocenters. The van der Waals surface area contributed by atoms with Crippen LogP contribution in [0.4, 0.5) is 0 Å². The van der Waals surface area contributed by atoms with E-state index in [-0.39, 0.29) is 0 Å². The lowest BCUT2D eigenvalue weighted by Crippen LogP contribution is -2.31. The second kappa shape index (κ2) is 6.67. The van der Waals surface area contributed by atoms with E-state index >= 15 is 0 Å². The molecule has 1 aliphatic rings. The average molecular weight is 224 g/mol. The van der Waals surface area contributed by atoms with E-state index in [1.807, 2.05) is 0 Å². The van der Waals surface area contributed by atoms with E-state index < -0.39 is 0 Å². The summed E-state index contributed by atoms with van der Waals surface area (Å²) in [5.74, 6) is 2.02. The Morgan fingerprint density at radius 3 is 2.25 bits per heavy atom. The first-order valence-electron chi connectivity index (χ1n) is 7.53. The SMILES string of the molecule is CCC(C)CCCCCCC1CC(C)(C)C1. The van der Waals surface area contributed by atoms with Crippen molar-refractivity contribution in [2.24, 2.45) is 17.3 Å². The molecule has 0 heteroatoms. The zero-order chi connectivity index (χ0) is 12.0. The summed E-state index contributed by atoms with van der Waals surface area (Å²) in [4.78, 5) is 0. The molecule has 16 heavy (non-hydrogen) atoms. The lowest BCUT2D eigenvalue weighted by molar-refractivity contribution is 0.0876. The molecule has 0 spiro atoms. The second-order valence-corrected chi connectivity index (χ2v) is 6.94. The van der Waals surface area contributed by atoms with Gasteiger partial charge in [0.2, 0.25) is 0 Å². The van der Waals surface area contributed by atoms with E-state index in [0.717, 1.165) is 11.8 Å². The van der Waals surface area contributed by atoms with Crippen molar-refractivity contribution in [2.75, 3.05) is 0 Å². The molecule has 0 radical (unpaired) electrons. The smallest absolute Gasteiger partial charge is 0.0349 e. The Morgan fingerprint density at radius 1 is 1.06 bits per heavy atom. The van der Waals surface area contributed by atoms with Crippen molar-refractivity contribution < 1.29 is 0 Å². The summed E-state index contributed by atoms with van der Waals surface area (Å²) in [5.41, 5.74) is 0.682. The molecule has 0 aliphatic heterocycles. The Hall–Kier alpha value is 0. The minimum atomic E-state index is 0.682. The van der Waals surface area contributed by atoms with Crippen molar-refractivity contribution in [3.63, 3.8) is 0 Å². The molecule has 0 nitrogen and oxygen atoms in total. The van der Waals surface area contributed by atoms with Crippen LogP contribution in [0.1, 0.15) is 85.5 Å². The zero-order valence-electron chi connectivity index (χ0n) is 12.0. The van der Waals surface area contributed by atoms with Crippen molar-refractivity contribution in [2.45, 2.75) is 85.5 Å². The third-order valence-corrected chi connectivity index (χ3v) is 4.44. The fourth-order valence-corrected chi connectivity index (χ4v) is 3.19. The van der Waals surface area contributed by atoms with Gasteiger partial charge in [0.05, 0.1) is 0 Å². The molecular formula is C16H32. The molecule has 0 N–H and O–H groups in total. The van der Waals surface area contributed by atoms with Crippen LogP contribution in [0.15, 0.2) is 0 Å². The van der Waals surface area contributed by atoms with Crippen LogP contribution in [-0.2, 0) is 0 Å². The third-order valence-electron chi connectivity index (χ3n) is 4.44. The van der Waals surface area contributed by atoms with Gasteiger partial charge in [-0.3, -0.25) is 0 Å². The minimum absolute atomic E-state index is 0.682.